The molecule has 0 atom stereocenters. The van der Waals surface area contributed by atoms with E-state index in [2.05, 4.69) is 5.32 Å². The lowest BCUT2D eigenvalue weighted by atomic mass is 9.66. The minimum absolute atomic E-state index is 0.0288. The molecule has 0 radical (unpaired) electrons. The normalized spacial score (nSPS) is 15.9. The molecule has 1 aromatic carbocycles. The molecule has 0 aliphatic heterocycles. The molecule has 0 heterocycles. The van der Waals surface area contributed by atoms with Gasteiger partial charge < -0.3 is 16.2 Å². The van der Waals surface area contributed by atoms with Crippen LogP contribution in [0, 0.1) is 12.3 Å². The molecular formula is C15H18N2O4. The topological polar surface area (TPSA) is 109 Å². The minimum atomic E-state index is -0.913. The number of anilines is 1. The number of carbonyl (C=O) groups is 3. The highest BCUT2D eigenvalue weighted by atomic mass is 16.4. The summed E-state index contributed by atoms with van der Waals surface area (Å²) in [6.45, 7) is 1.72. The van der Waals surface area contributed by atoms with Crippen molar-refractivity contribution in [2.75, 3.05) is 5.32 Å². The highest BCUT2D eigenvalue weighted by molar-refractivity contribution is 5.97. The molecule has 0 unspecified atom stereocenters. The Bertz CT molecular complexity index is 606. The second-order valence-corrected chi connectivity index (χ2v) is 5.56. The minimum Gasteiger partial charge on any atom is -0.481 e. The van der Waals surface area contributed by atoms with Gasteiger partial charge in [-0.3, -0.25) is 14.4 Å². The van der Waals surface area contributed by atoms with Crippen molar-refractivity contribution < 1.29 is 19.5 Å². The van der Waals surface area contributed by atoms with Gasteiger partial charge in [-0.25, -0.2) is 0 Å². The largest absolute Gasteiger partial charge is 0.481 e. The molecule has 4 N–H and O–H groups in total. The maximum Gasteiger partial charge on any atom is 0.310 e. The molecule has 1 fully saturated rings. The van der Waals surface area contributed by atoms with Crippen molar-refractivity contribution in [2.45, 2.75) is 32.6 Å². The molecule has 6 nitrogen and oxygen atoms in total. The van der Waals surface area contributed by atoms with E-state index >= 15 is 0 Å². The Balaban J connectivity index is 2.05. The fraction of sp³-hybridized carbons (Fsp3) is 0.400. The van der Waals surface area contributed by atoms with Gasteiger partial charge in [-0.15, -0.1) is 0 Å². The maximum atomic E-state index is 12.0. The smallest absolute Gasteiger partial charge is 0.310 e. The fourth-order valence-electron chi connectivity index (χ4n) is 2.60. The summed E-state index contributed by atoms with van der Waals surface area (Å²) in [4.78, 5) is 34.4. The van der Waals surface area contributed by atoms with E-state index < -0.39 is 17.3 Å². The summed E-state index contributed by atoms with van der Waals surface area (Å²) in [6, 6.07) is 4.77. The summed E-state index contributed by atoms with van der Waals surface area (Å²) < 4.78 is 0. The van der Waals surface area contributed by atoms with Crippen LogP contribution in [0.3, 0.4) is 0 Å². The summed E-state index contributed by atoms with van der Waals surface area (Å²) in [6.07, 6.45) is 1.88. The van der Waals surface area contributed by atoms with E-state index in [-0.39, 0.29) is 12.3 Å². The van der Waals surface area contributed by atoms with Crippen molar-refractivity contribution in [3.63, 3.8) is 0 Å². The third-order valence-corrected chi connectivity index (χ3v) is 4.04. The first-order valence-electron chi connectivity index (χ1n) is 6.78. The Morgan fingerprint density at radius 1 is 1.33 bits per heavy atom. The van der Waals surface area contributed by atoms with Crippen LogP contribution in [0.15, 0.2) is 18.2 Å². The summed E-state index contributed by atoms with van der Waals surface area (Å²) >= 11 is 0. The first kappa shape index (κ1) is 15.0. The molecule has 1 saturated carbocycles. The molecule has 0 spiro atoms. The SMILES string of the molecule is Cc1cc(NC(=O)CC2(C(=O)O)CCC2)ccc1C(N)=O. The van der Waals surface area contributed by atoms with Gasteiger partial charge in [0.25, 0.3) is 0 Å². The second-order valence-electron chi connectivity index (χ2n) is 5.56. The van der Waals surface area contributed by atoms with E-state index in [1.54, 1.807) is 25.1 Å². The molecule has 2 amide bonds. The number of hydrogen-bond donors (Lipinski definition) is 3. The van der Waals surface area contributed by atoms with Gasteiger partial charge >= 0.3 is 5.97 Å². The van der Waals surface area contributed by atoms with Crippen LogP contribution in [0.2, 0.25) is 0 Å². The highest BCUT2D eigenvalue weighted by Crippen LogP contribution is 2.44. The number of nitrogens with two attached hydrogens (primary N) is 1. The number of rotatable bonds is 5. The molecule has 0 aromatic heterocycles. The molecule has 6 heteroatoms. The lowest BCUT2D eigenvalue weighted by molar-refractivity contribution is -0.157. The molecular weight excluding hydrogens is 272 g/mol. The fourth-order valence-corrected chi connectivity index (χ4v) is 2.60. The highest BCUT2D eigenvalue weighted by Gasteiger charge is 2.45. The van der Waals surface area contributed by atoms with E-state index in [1.165, 1.54) is 0 Å². The Morgan fingerprint density at radius 3 is 2.43 bits per heavy atom. The molecule has 112 valence electrons. The Morgan fingerprint density at radius 2 is 2.00 bits per heavy atom. The first-order valence-corrected chi connectivity index (χ1v) is 6.78. The zero-order chi connectivity index (χ0) is 15.6. The second kappa shape index (κ2) is 5.55. The predicted molar refractivity (Wildman–Crippen MR) is 76.9 cm³/mol. The van der Waals surface area contributed by atoms with Gasteiger partial charge in [-0.1, -0.05) is 6.42 Å². The van der Waals surface area contributed by atoms with Gasteiger partial charge in [-0.2, -0.15) is 0 Å². The van der Waals surface area contributed by atoms with Gasteiger partial charge in [0.05, 0.1) is 5.41 Å². The van der Waals surface area contributed by atoms with Crippen molar-refractivity contribution in [3.05, 3.63) is 29.3 Å². The van der Waals surface area contributed by atoms with Crippen LogP contribution in [0.1, 0.15) is 41.6 Å². The van der Waals surface area contributed by atoms with Crippen LogP contribution in [-0.4, -0.2) is 22.9 Å². The van der Waals surface area contributed by atoms with Crippen LogP contribution in [0.5, 0.6) is 0 Å². The maximum absolute atomic E-state index is 12.0. The summed E-state index contributed by atoms with van der Waals surface area (Å²) in [5, 5.41) is 11.9. The third kappa shape index (κ3) is 3.04. The Kier molecular flexibility index (Phi) is 3.97. The zero-order valence-corrected chi connectivity index (χ0v) is 11.8. The van der Waals surface area contributed by atoms with Crippen LogP contribution in [0.25, 0.3) is 0 Å². The van der Waals surface area contributed by atoms with Crippen molar-refractivity contribution in [3.8, 4) is 0 Å². The van der Waals surface area contributed by atoms with E-state index in [4.69, 9.17) is 5.73 Å². The van der Waals surface area contributed by atoms with Crippen LogP contribution < -0.4 is 11.1 Å². The molecule has 2 rings (SSSR count). The van der Waals surface area contributed by atoms with Crippen molar-refractivity contribution in [2.24, 2.45) is 11.1 Å². The number of carbonyl (C=O) groups excluding carboxylic acids is 2. The van der Waals surface area contributed by atoms with E-state index in [0.717, 1.165) is 6.42 Å². The van der Waals surface area contributed by atoms with Crippen LogP contribution >= 0.6 is 0 Å². The summed E-state index contributed by atoms with van der Waals surface area (Å²) in [7, 11) is 0. The number of primary amides is 1. The van der Waals surface area contributed by atoms with E-state index in [0.29, 0.717) is 29.7 Å². The van der Waals surface area contributed by atoms with Crippen molar-refractivity contribution in [1.29, 1.82) is 0 Å². The summed E-state index contributed by atoms with van der Waals surface area (Å²) in [5.74, 6) is -1.77. The van der Waals surface area contributed by atoms with Crippen molar-refractivity contribution in [1.82, 2.24) is 0 Å². The van der Waals surface area contributed by atoms with Gasteiger partial charge in [-0.05, 0) is 43.5 Å². The lowest BCUT2D eigenvalue weighted by Gasteiger charge is -2.36. The number of nitrogens with one attached hydrogen (secondary N) is 1. The van der Waals surface area contributed by atoms with Gasteiger partial charge in [0, 0.05) is 17.7 Å². The summed E-state index contributed by atoms with van der Waals surface area (Å²) in [5.41, 5.74) is 5.90. The van der Waals surface area contributed by atoms with Gasteiger partial charge in [0.15, 0.2) is 0 Å². The molecule has 1 aliphatic rings. The number of aryl methyl sites for hydroxylation is 1. The monoisotopic (exact) mass is 290 g/mol. The molecule has 0 bridgehead atoms. The Labute approximate surface area is 122 Å². The average Bonchev–Trinajstić information content (AvgIpc) is 2.32. The van der Waals surface area contributed by atoms with E-state index in [1.807, 2.05) is 0 Å². The van der Waals surface area contributed by atoms with E-state index in [9.17, 15) is 19.5 Å². The number of aliphatic carboxylic acids is 1. The number of amides is 2. The molecule has 1 aliphatic carbocycles. The molecule has 0 saturated heterocycles. The zero-order valence-electron chi connectivity index (χ0n) is 11.8. The average molecular weight is 290 g/mol. The molecule has 21 heavy (non-hydrogen) atoms. The predicted octanol–water partition coefficient (Wildman–Crippen LogP) is 1.68. The quantitative estimate of drug-likeness (QED) is 0.766. The number of benzene rings is 1. The Hall–Kier alpha value is -2.37. The molecule has 1 aromatic rings. The van der Waals surface area contributed by atoms with Crippen LogP contribution in [0.4, 0.5) is 5.69 Å². The lowest BCUT2D eigenvalue weighted by Crippen LogP contribution is -2.41. The first-order chi connectivity index (χ1) is 9.84. The number of carboxylic acid groups (broad SMARTS) is 1. The number of hydrogen-bond acceptors (Lipinski definition) is 3. The van der Waals surface area contributed by atoms with Gasteiger partial charge in [0.1, 0.15) is 0 Å². The van der Waals surface area contributed by atoms with Crippen molar-refractivity contribution >= 4 is 23.5 Å². The third-order valence-electron chi connectivity index (χ3n) is 4.04. The number of carboxylic acids is 1. The standard InChI is InChI=1S/C15H18N2O4/c1-9-7-10(3-4-11(9)13(16)19)17-12(18)8-15(14(20)21)5-2-6-15/h3-4,7H,2,5-6,8H2,1H3,(H2,16,19)(H,17,18)(H,20,21). The van der Waals surface area contributed by atoms with Crippen LogP contribution in [-0.2, 0) is 9.59 Å². The van der Waals surface area contributed by atoms with Gasteiger partial charge in [0.2, 0.25) is 11.8 Å².